The van der Waals surface area contributed by atoms with Crippen LogP contribution in [0.25, 0.3) is 0 Å². The van der Waals surface area contributed by atoms with Gasteiger partial charge in [-0.05, 0) is 47.2 Å². The number of aliphatic hydroxyl groups excluding tert-OH is 1. The van der Waals surface area contributed by atoms with Crippen molar-refractivity contribution in [2.24, 2.45) is 5.92 Å². The highest BCUT2D eigenvalue weighted by atomic mass is 79.9. The van der Waals surface area contributed by atoms with Gasteiger partial charge < -0.3 is 16.2 Å². The molecule has 0 radical (unpaired) electrons. The van der Waals surface area contributed by atoms with Gasteiger partial charge in [-0.2, -0.15) is 0 Å². The Balaban J connectivity index is 2.25. The summed E-state index contributed by atoms with van der Waals surface area (Å²) in [6.45, 7) is 4.33. The molecular weight excluding hydrogens is 306 g/mol. The lowest BCUT2D eigenvalue weighted by Crippen LogP contribution is -2.46. The summed E-state index contributed by atoms with van der Waals surface area (Å²) in [5.41, 5.74) is 7.24. The predicted octanol–water partition coefficient (Wildman–Crippen LogP) is 3.09. The summed E-state index contributed by atoms with van der Waals surface area (Å²) in [6, 6.07) is 0. The minimum Gasteiger partial charge on any atom is -0.397 e. The number of hydrogen-bond acceptors (Lipinski definition) is 4. The van der Waals surface area contributed by atoms with Crippen LogP contribution in [0, 0.1) is 12.8 Å². The Morgan fingerprint density at radius 2 is 2.37 bits per heavy atom. The molecule has 2 rings (SSSR count). The van der Waals surface area contributed by atoms with Crippen molar-refractivity contribution in [1.29, 1.82) is 0 Å². The molecule has 1 aliphatic rings. The Hall–Kier alpha value is -0.810. The summed E-state index contributed by atoms with van der Waals surface area (Å²) in [7, 11) is 0. The number of aromatic nitrogens is 1. The van der Waals surface area contributed by atoms with E-state index >= 15 is 0 Å². The van der Waals surface area contributed by atoms with Gasteiger partial charge >= 0.3 is 0 Å². The third kappa shape index (κ3) is 3.03. The zero-order valence-corrected chi connectivity index (χ0v) is 13.1. The second-order valence-electron chi connectivity index (χ2n) is 5.77. The number of hydrogen-bond donors (Lipinski definition) is 3. The van der Waals surface area contributed by atoms with Gasteiger partial charge in [0.25, 0.3) is 0 Å². The van der Waals surface area contributed by atoms with Crippen molar-refractivity contribution >= 4 is 27.4 Å². The molecule has 1 fully saturated rings. The molecule has 1 saturated carbocycles. The first-order valence-corrected chi connectivity index (χ1v) is 7.56. The fourth-order valence-electron chi connectivity index (χ4n) is 2.89. The monoisotopic (exact) mass is 327 g/mol. The number of anilines is 2. The number of rotatable bonds is 3. The van der Waals surface area contributed by atoms with Crippen LogP contribution < -0.4 is 11.1 Å². The number of nitrogens with one attached hydrogen (secondary N) is 1. The first-order chi connectivity index (χ1) is 8.97. The summed E-state index contributed by atoms with van der Waals surface area (Å²) in [6.07, 6.45) is 5.99. The van der Waals surface area contributed by atoms with Crippen LogP contribution in [0.15, 0.2) is 10.7 Å². The minimum atomic E-state index is -0.254. The van der Waals surface area contributed by atoms with Crippen LogP contribution in [0.3, 0.4) is 0 Å². The van der Waals surface area contributed by atoms with E-state index < -0.39 is 0 Å². The van der Waals surface area contributed by atoms with E-state index in [1.165, 1.54) is 6.42 Å². The lowest BCUT2D eigenvalue weighted by molar-refractivity contribution is 0.149. The molecule has 19 heavy (non-hydrogen) atoms. The third-order valence-corrected chi connectivity index (χ3v) is 5.05. The normalized spacial score (nSPS) is 27.3. The van der Waals surface area contributed by atoms with Gasteiger partial charge in [0.05, 0.1) is 28.5 Å². The summed E-state index contributed by atoms with van der Waals surface area (Å²) in [5.74, 6) is 1.40. The van der Waals surface area contributed by atoms with Gasteiger partial charge in [0.1, 0.15) is 5.82 Å². The number of aliphatic hydroxyl groups is 1. The topological polar surface area (TPSA) is 71.2 Å². The lowest BCUT2D eigenvalue weighted by Gasteiger charge is -2.40. The van der Waals surface area contributed by atoms with E-state index in [2.05, 4.69) is 33.2 Å². The van der Waals surface area contributed by atoms with Gasteiger partial charge in [0.15, 0.2) is 0 Å². The van der Waals surface area contributed by atoms with Gasteiger partial charge in [0, 0.05) is 0 Å². The standard InChI is InChI=1S/C14H22BrN3O/c1-9-4-3-5-14(6-9,8-19)18-13-12(15)10(2)11(16)7-17-13/h7,9,19H,3-6,8,16H2,1-2H3,(H,17,18). The van der Waals surface area contributed by atoms with E-state index in [1.807, 2.05) is 6.92 Å². The Bertz CT molecular complexity index is 466. The van der Waals surface area contributed by atoms with Crippen LogP contribution in [0.4, 0.5) is 11.5 Å². The molecule has 0 saturated heterocycles. The molecular formula is C14H22BrN3O. The molecule has 1 aliphatic carbocycles. The summed E-state index contributed by atoms with van der Waals surface area (Å²) >= 11 is 3.54. The summed E-state index contributed by atoms with van der Waals surface area (Å²) in [5, 5.41) is 13.3. The van der Waals surface area contributed by atoms with E-state index in [9.17, 15) is 5.11 Å². The number of halogens is 1. The smallest absolute Gasteiger partial charge is 0.141 e. The van der Waals surface area contributed by atoms with Crippen molar-refractivity contribution in [1.82, 2.24) is 4.98 Å². The van der Waals surface area contributed by atoms with Gasteiger partial charge in [0.2, 0.25) is 0 Å². The fourth-order valence-corrected chi connectivity index (χ4v) is 3.32. The Morgan fingerprint density at radius 1 is 1.63 bits per heavy atom. The van der Waals surface area contributed by atoms with Crippen LogP contribution in [0.5, 0.6) is 0 Å². The Morgan fingerprint density at radius 3 is 3.00 bits per heavy atom. The molecule has 0 bridgehead atoms. The number of nitrogens with zero attached hydrogens (tertiary/aromatic N) is 1. The summed E-state index contributed by atoms with van der Waals surface area (Å²) < 4.78 is 0.888. The highest BCUT2D eigenvalue weighted by molar-refractivity contribution is 9.10. The van der Waals surface area contributed by atoms with E-state index in [-0.39, 0.29) is 12.1 Å². The summed E-state index contributed by atoms with van der Waals surface area (Å²) in [4.78, 5) is 4.36. The van der Waals surface area contributed by atoms with Crippen molar-refractivity contribution < 1.29 is 5.11 Å². The molecule has 0 aromatic carbocycles. The van der Waals surface area contributed by atoms with E-state index in [0.29, 0.717) is 11.6 Å². The highest BCUT2D eigenvalue weighted by Crippen LogP contribution is 2.37. The maximum absolute atomic E-state index is 9.81. The molecule has 4 nitrogen and oxygen atoms in total. The van der Waals surface area contributed by atoms with Crippen LogP contribution in [-0.4, -0.2) is 22.2 Å². The third-order valence-electron chi connectivity index (χ3n) is 4.08. The van der Waals surface area contributed by atoms with Crippen LogP contribution in [0.1, 0.15) is 38.2 Å². The second-order valence-corrected chi connectivity index (χ2v) is 6.56. The van der Waals surface area contributed by atoms with Crippen molar-refractivity contribution in [3.8, 4) is 0 Å². The molecule has 0 spiro atoms. The largest absolute Gasteiger partial charge is 0.397 e. The minimum absolute atomic E-state index is 0.134. The van der Waals surface area contributed by atoms with Crippen LogP contribution in [0.2, 0.25) is 0 Å². The average Bonchev–Trinajstić information content (AvgIpc) is 2.40. The quantitative estimate of drug-likeness (QED) is 0.797. The highest BCUT2D eigenvalue weighted by Gasteiger charge is 2.35. The fraction of sp³-hybridized carbons (Fsp3) is 0.643. The zero-order chi connectivity index (χ0) is 14.0. The Labute approximate surface area is 122 Å². The van der Waals surface area contributed by atoms with Crippen molar-refractivity contribution in [2.75, 3.05) is 17.7 Å². The maximum Gasteiger partial charge on any atom is 0.141 e. The van der Waals surface area contributed by atoms with E-state index in [0.717, 1.165) is 35.1 Å². The lowest BCUT2D eigenvalue weighted by atomic mass is 9.77. The first kappa shape index (κ1) is 14.6. The molecule has 0 aliphatic heterocycles. The van der Waals surface area contributed by atoms with Gasteiger partial charge in [-0.1, -0.05) is 19.8 Å². The molecule has 0 amide bonds. The first-order valence-electron chi connectivity index (χ1n) is 6.77. The second kappa shape index (κ2) is 5.67. The zero-order valence-electron chi connectivity index (χ0n) is 11.5. The molecule has 2 atom stereocenters. The van der Waals surface area contributed by atoms with Crippen molar-refractivity contribution in [3.05, 3.63) is 16.2 Å². The van der Waals surface area contributed by atoms with Crippen molar-refractivity contribution in [3.63, 3.8) is 0 Å². The van der Waals surface area contributed by atoms with Gasteiger partial charge in [-0.15, -0.1) is 0 Å². The van der Waals surface area contributed by atoms with Crippen LogP contribution in [-0.2, 0) is 0 Å². The van der Waals surface area contributed by atoms with Gasteiger partial charge in [-0.25, -0.2) is 4.98 Å². The molecule has 2 unspecified atom stereocenters. The number of nitrogen functional groups attached to an aromatic ring is 1. The average molecular weight is 328 g/mol. The SMILES string of the molecule is Cc1c(N)cnc(NC2(CO)CCCC(C)C2)c1Br. The number of nitrogens with two attached hydrogens (primary N) is 1. The molecule has 106 valence electrons. The molecule has 1 heterocycles. The molecule has 5 heteroatoms. The van der Waals surface area contributed by atoms with Gasteiger partial charge in [-0.3, -0.25) is 0 Å². The van der Waals surface area contributed by atoms with E-state index in [1.54, 1.807) is 6.20 Å². The van der Waals surface area contributed by atoms with E-state index in [4.69, 9.17) is 5.73 Å². The predicted molar refractivity (Wildman–Crippen MR) is 82.2 cm³/mol. The molecule has 4 N–H and O–H groups in total. The number of pyridine rings is 1. The van der Waals surface area contributed by atoms with Crippen LogP contribution >= 0.6 is 15.9 Å². The molecule has 1 aromatic rings. The van der Waals surface area contributed by atoms with Crippen molar-refractivity contribution in [2.45, 2.75) is 45.1 Å². The Kier molecular flexibility index (Phi) is 4.36. The maximum atomic E-state index is 9.81. The molecule has 1 aromatic heterocycles.